The lowest BCUT2D eigenvalue weighted by Gasteiger charge is -2.18. The molecule has 0 saturated heterocycles. The third-order valence-electron chi connectivity index (χ3n) is 3.47. The van der Waals surface area contributed by atoms with Gasteiger partial charge in [-0.1, -0.05) is 29.8 Å². The molecule has 0 aromatic heterocycles. The average Bonchev–Trinajstić information content (AvgIpc) is 2.82. The number of rotatable bonds is 3. The third kappa shape index (κ3) is 2.60. The molecule has 1 aliphatic rings. The summed E-state index contributed by atoms with van der Waals surface area (Å²) in [5.41, 5.74) is 3.49. The summed E-state index contributed by atoms with van der Waals surface area (Å²) < 4.78 is 0. The average molecular weight is 305 g/mol. The number of benzene rings is 2. The molecule has 104 valence electrons. The van der Waals surface area contributed by atoms with Crippen LogP contribution in [0.25, 0.3) is 0 Å². The highest BCUT2D eigenvalue weighted by Gasteiger charge is 2.22. The van der Waals surface area contributed by atoms with Gasteiger partial charge in [0.15, 0.2) is 0 Å². The highest BCUT2D eigenvalue weighted by atomic mass is 35.5. The second kappa shape index (κ2) is 5.58. The molecule has 1 unspecified atom stereocenters. The number of nitrogens with zero attached hydrogens (tertiary/aromatic N) is 1. The van der Waals surface area contributed by atoms with Gasteiger partial charge in [-0.25, -0.2) is 0 Å². The van der Waals surface area contributed by atoms with E-state index >= 15 is 0 Å². The van der Waals surface area contributed by atoms with Gasteiger partial charge in [-0.2, -0.15) is 0 Å². The third-order valence-corrected chi connectivity index (χ3v) is 4.96. The van der Waals surface area contributed by atoms with Gasteiger partial charge in [0.25, 0.3) is 0 Å². The molecule has 2 aromatic rings. The molecule has 2 aromatic carbocycles. The predicted octanol–water partition coefficient (Wildman–Crippen LogP) is 4.66. The van der Waals surface area contributed by atoms with E-state index in [-0.39, 0.29) is 0 Å². The summed E-state index contributed by atoms with van der Waals surface area (Å²) in [5.74, 6) is 1.06. The number of halogens is 1. The highest BCUT2D eigenvalue weighted by Crippen LogP contribution is 2.40. The second-order valence-corrected chi connectivity index (χ2v) is 6.58. The van der Waals surface area contributed by atoms with E-state index in [9.17, 15) is 0 Å². The van der Waals surface area contributed by atoms with Crippen molar-refractivity contribution in [3.8, 4) is 0 Å². The highest BCUT2D eigenvalue weighted by molar-refractivity contribution is 7.99. The normalized spacial score (nSPS) is 16.9. The molecule has 4 heteroatoms. The van der Waals surface area contributed by atoms with E-state index in [1.165, 1.54) is 10.5 Å². The van der Waals surface area contributed by atoms with Crippen molar-refractivity contribution in [3.63, 3.8) is 0 Å². The fourth-order valence-corrected chi connectivity index (χ4v) is 3.95. The van der Waals surface area contributed by atoms with Crippen LogP contribution in [0, 0.1) is 0 Å². The Morgan fingerprint density at radius 2 is 2.00 bits per heavy atom. The van der Waals surface area contributed by atoms with Crippen molar-refractivity contribution in [3.05, 3.63) is 53.1 Å². The lowest BCUT2D eigenvalue weighted by atomic mass is 10.1. The van der Waals surface area contributed by atoms with Gasteiger partial charge in [-0.3, -0.25) is 0 Å². The van der Waals surface area contributed by atoms with Gasteiger partial charge in [-0.05, 0) is 29.8 Å². The summed E-state index contributed by atoms with van der Waals surface area (Å²) in [6.45, 7) is 0. The van der Waals surface area contributed by atoms with E-state index in [0.29, 0.717) is 6.04 Å². The van der Waals surface area contributed by atoms with Crippen molar-refractivity contribution in [2.75, 3.05) is 30.1 Å². The maximum atomic E-state index is 6.32. The Kier molecular flexibility index (Phi) is 3.81. The van der Waals surface area contributed by atoms with Crippen molar-refractivity contribution in [1.82, 2.24) is 0 Å². The molecule has 0 fully saturated rings. The molecule has 0 spiro atoms. The SMILES string of the molecule is CN(C)c1ccc(NC2CSc3ccccc32)cc1Cl. The first-order valence-corrected chi connectivity index (χ1v) is 7.96. The topological polar surface area (TPSA) is 15.3 Å². The van der Waals surface area contributed by atoms with Gasteiger partial charge in [0.05, 0.1) is 16.8 Å². The summed E-state index contributed by atoms with van der Waals surface area (Å²) in [6, 6.07) is 15.1. The minimum Gasteiger partial charge on any atom is -0.377 e. The Morgan fingerprint density at radius 1 is 1.20 bits per heavy atom. The fraction of sp³-hybridized carbons (Fsp3) is 0.250. The first-order valence-electron chi connectivity index (χ1n) is 6.60. The van der Waals surface area contributed by atoms with Crippen LogP contribution in [0.3, 0.4) is 0 Å². The molecule has 1 aliphatic heterocycles. The van der Waals surface area contributed by atoms with Gasteiger partial charge in [0.1, 0.15) is 0 Å². The smallest absolute Gasteiger partial charge is 0.0659 e. The Balaban J connectivity index is 1.81. The van der Waals surface area contributed by atoms with Crippen LogP contribution in [0.15, 0.2) is 47.4 Å². The van der Waals surface area contributed by atoms with E-state index in [1.807, 2.05) is 36.8 Å². The van der Waals surface area contributed by atoms with Crippen LogP contribution in [0.4, 0.5) is 11.4 Å². The monoisotopic (exact) mass is 304 g/mol. The zero-order chi connectivity index (χ0) is 14.1. The van der Waals surface area contributed by atoms with Crippen LogP contribution in [0.2, 0.25) is 5.02 Å². The largest absolute Gasteiger partial charge is 0.377 e. The predicted molar refractivity (Wildman–Crippen MR) is 89.3 cm³/mol. The van der Waals surface area contributed by atoms with Crippen molar-refractivity contribution >= 4 is 34.7 Å². The molecule has 2 nitrogen and oxygen atoms in total. The quantitative estimate of drug-likeness (QED) is 0.887. The van der Waals surface area contributed by atoms with Crippen LogP contribution >= 0.6 is 23.4 Å². The van der Waals surface area contributed by atoms with Gasteiger partial charge in [0, 0.05) is 30.4 Å². The minimum absolute atomic E-state index is 0.359. The first-order chi connectivity index (χ1) is 9.65. The van der Waals surface area contributed by atoms with E-state index in [0.717, 1.165) is 22.2 Å². The zero-order valence-corrected chi connectivity index (χ0v) is 13.1. The van der Waals surface area contributed by atoms with Gasteiger partial charge < -0.3 is 10.2 Å². The molecule has 0 aliphatic carbocycles. The van der Waals surface area contributed by atoms with Crippen LogP contribution in [0.5, 0.6) is 0 Å². The van der Waals surface area contributed by atoms with Crippen molar-refractivity contribution in [2.45, 2.75) is 10.9 Å². The van der Waals surface area contributed by atoms with Crippen molar-refractivity contribution in [1.29, 1.82) is 0 Å². The second-order valence-electron chi connectivity index (χ2n) is 5.11. The van der Waals surface area contributed by atoms with Crippen LogP contribution in [-0.4, -0.2) is 19.8 Å². The molecular weight excluding hydrogens is 288 g/mol. The summed E-state index contributed by atoms with van der Waals surface area (Å²) in [4.78, 5) is 3.40. The van der Waals surface area contributed by atoms with Gasteiger partial charge >= 0.3 is 0 Å². The number of nitrogens with one attached hydrogen (secondary N) is 1. The number of hydrogen-bond donors (Lipinski definition) is 1. The van der Waals surface area contributed by atoms with Gasteiger partial charge in [-0.15, -0.1) is 11.8 Å². The summed E-state index contributed by atoms with van der Waals surface area (Å²) in [6.07, 6.45) is 0. The number of hydrogen-bond acceptors (Lipinski definition) is 3. The molecule has 1 atom stereocenters. The standard InChI is InChI=1S/C16H17ClN2S/c1-19(2)15-8-7-11(9-13(15)17)18-14-10-20-16-6-4-3-5-12(14)16/h3-9,14,18H,10H2,1-2H3. The number of fused-ring (bicyclic) bond motifs is 1. The van der Waals surface area contributed by atoms with Crippen LogP contribution < -0.4 is 10.2 Å². The Bertz CT molecular complexity index is 628. The first kappa shape index (κ1) is 13.7. The number of thioether (sulfide) groups is 1. The van der Waals surface area contributed by atoms with Crippen LogP contribution in [0.1, 0.15) is 11.6 Å². The number of anilines is 2. The molecule has 3 rings (SSSR count). The molecule has 1 N–H and O–H groups in total. The van der Waals surface area contributed by atoms with E-state index < -0.39 is 0 Å². The molecule has 0 saturated carbocycles. The summed E-state index contributed by atoms with van der Waals surface area (Å²) in [7, 11) is 4.00. The lowest BCUT2D eigenvalue weighted by Crippen LogP contribution is -2.11. The summed E-state index contributed by atoms with van der Waals surface area (Å²) >= 11 is 8.23. The van der Waals surface area contributed by atoms with Gasteiger partial charge in [0.2, 0.25) is 0 Å². The fourth-order valence-electron chi connectivity index (χ4n) is 2.44. The maximum Gasteiger partial charge on any atom is 0.0659 e. The Labute approximate surface area is 129 Å². The molecule has 1 heterocycles. The summed E-state index contributed by atoms with van der Waals surface area (Å²) in [5, 5.41) is 4.36. The molecular formula is C16H17ClN2S. The molecule has 0 bridgehead atoms. The van der Waals surface area contributed by atoms with E-state index in [1.54, 1.807) is 0 Å². The van der Waals surface area contributed by atoms with Crippen LogP contribution in [-0.2, 0) is 0 Å². The Morgan fingerprint density at radius 3 is 2.75 bits per heavy atom. The maximum absolute atomic E-state index is 6.32. The molecule has 20 heavy (non-hydrogen) atoms. The van der Waals surface area contributed by atoms with Crippen molar-refractivity contribution < 1.29 is 0 Å². The zero-order valence-electron chi connectivity index (χ0n) is 11.6. The van der Waals surface area contributed by atoms with E-state index in [2.05, 4.69) is 41.7 Å². The Hall–Kier alpha value is -1.32. The molecule has 0 amide bonds. The molecule has 0 radical (unpaired) electrons. The lowest BCUT2D eigenvalue weighted by molar-refractivity contribution is 0.900. The van der Waals surface area contributed by atoms with E-state index in [4.69, 9.17) is 11.6 Å². The van der Waals surface area contributed by atoms with Crippen molar-refractivity contribution in [2.24, 2.45) is 0 Å². The minimum atomic E-state index is 0.359.